The predicted molar refractivity (Wildman–Crippen MR) is 67.2 cm³/mol. The van der Waals surface area contributed by atoms with Crippen LogP contribution in [0.5, 0.6) is 0 Å². The zero-order valence-corrected chi connectivity index (χ0v) is 11.0. The van der Waals surface area contributed by atoms with Crippen LogP contribution in [-0.4, -0.2) is 59.0 Å². The van der Waals surface area contributed by atoms with E-state index in [0.717, 1.165) is 25.9 Å². The van der Waals surface area contributed by atoms with Gasteiger partial charge in [0.1, 0.15) is 6.04 Å². The van der Waals surface area contributed by atoms with Gasteiger partial charge in [-0.2, -0.15) is 0 Å². The summed E-state index contributed by atoms with van der Waals surface area (Å²) in [5, 5.41) is 9.07. The average molecular weight is 254 g/mol. The van der Waals surface area contributed by atoms with E-state index in [-0.39, 0.29) is 5.91 Å². The van der Waals surface area contributed by atoms with Crippen molar-refractivity contribution >= 4 is 11.9 Å². The molecule has 2 heterocycles. The molecule has 2 saturated heterocycles. The minimum absolute atomic E-state index is 0.0194. The van der Waals surface area contributed by atoms with E-state index in [1.165, 1.54) is 6.42 Å². The maximum atomic E-state index is 12.2. The molecule has 5 heteroatoms. The molecule has 0 spiro atoms. The Labute approximate surface area is 108 Å². The van der Waals surface area contributed by atoms with Crippen LogP contribution in [-0.2, 0) is 9.59 Å². The van der Waals surface area contributed by atoms with Gasteiger partial charge in [-0.25, -0.2) is 4.79 Å². The number of rotatable bonds is 3. The van der Waals surface area contributed by atoms with Crippen LogP contribution in [0.1, 0.15) is 32.6 Å². The second-order valence-corrected chi connectivity index (χ2v) is 5.57. The first kappa shape index (κ1) is 13.3. The van der Waals surface area contributed by atoms with Crippen molar-refractivity contribution in [3.63, 3.8) is 0 Å². The molecule has 5 nitrogen and oxygen atoms in total. The Bertz CT molecular complexity index is 332. The summed E-state index contributed by atoms with van der Waals surface area (Å²) < 4.78 is 0. The largest absolute Gasteiger partial charge is 0.480 e. The number of hydrogen-bond donors (Lipinski definition) is 1. The van der Waals surface area contributed by atoms with Crippen LogP contribution in [0.15, 0.2) is 0 Å². The number of carbonyl (C=O) groups excluding carboxylic acids is 1. The monoisotopic (exact) mass is 254 g/mol. The fraction of sp³-hybridized carbons (Fsp3) is 0.846. The van der Waals surface area contributed by atoms with E-state index in [9.17, 15) is 9.59 Å². The van der Waals surface area contributed by atoms with E-state index in [4.69, 9.17) is 5.11 Å². The lowest BCUT2D eigenvalue weighted by molar-refractivity contribution is -0.148. The number of amides is 1. The maximum absolute atomic E-state index is 12.2. The summed E-state index contributed by atoms with van der Waals surface area (Å²) in [6, 6.07) is -0.597. The van der Waals surface area contributed by atoms with Gasteiger partial charge in [-0.1, -0.05) is 6.92 Å². The van der Waals surface area contributed by atoms with Crippen molar-refractivity contribution in [2.24, 2.45) is 5.92 Å². The van der Waals surface area contributed by atoms with E-state index in [0.29, 0.717) is 25.4 Å². The third kappa shape index (κ3) is 3.02. The third-order valence-electron chi connectivity index (χ3n) is 3.96. The molecule has 2 atom stereocenters. The van der Waals surface area contributed by atoms with Crippen molar-refractivity contribution in [2.75, 3.05) is 26.2 Å². The Morgan fingerprint density at radius 1 is 1.22 bits per heavy atom. The van der Waals surface area contributed by atoms with Gasteiger partial charge in [0.05, 0.1) is 6.54 Å². The number of piperidine rings is 1. The highest BCUT2D eigenvalue weighted by Crippen LogP contribution is 2.19. The fourth-order valence-corrected chi connectivity index (χ4v) is 3.03. The minimum Gasteiger partial charge on any atom is -0.480 e. The Morgan fingerprint density at radius 2 is 1.94 bits per heavy atom. The summed E-state index contributed by atoms with van der Waals surface area (Å²) in [5.74, 6) is -0.248. The number of carbonyl (C=O) groups is 2. The average Bonchev–Trinajstić information content (AvgIpc) is 2.77. The van der Waals surface area contributed by atoms with Crippen LogP contribution >= 0.6 is 0 Å². The summed E-state index contributed by atoms with van der Waals surface area (Å²) >= 11 is 0. The van der Waals surface area contributed by atoms with Gasteiger partial charge in [0.25, 0.3) is 0 Å². The number of carboxylic acids is 1. The van der Waals surface area contributed by atoms with Crippen LogP contribution in [0, 0.1) is 5.92 Å². The SMILES string of the molecule is CC1CCCN(CC(=O)N2CCCC2C(=O)O)C1. The molecule has 2 rings (SSSR count). The summed E-state index contributed by atoms with van der Waals surface area (Å²) in [7, 11) is 0. The second-order valence-electron chi connectivity index (χ2n) is 5.57. The lowest BCUT2D eigenvalue weighted by Crippen LogP contribution is -2.47. The Hall–Kier alpha value is -1.10. The number of hydrogen-bond acceptors (Lipinski definition) is 3. The highest BCUT2D eigenvalue weighted by atomic mass is 16.4. The summed E-state index contributed by atoms with van der Waals surface area (Å²) in [4.78, 5) is 26.9. The maximum Gasteiger partial charge on any atom is 0.326 e. The number of likely N-dealkylation sites (tertiary alicyclic amines) is 2. The van der Waals surface area contributed by atoms with E-state index >= 15 is 0 Å². The Morgan fingerprint density at radius 3 is 2.61 bits per heavy atom. The highest BCUT2D eigenvalue weighted by molar-refractivity contribution is 5.85. The Balaban J connectivity index is 1.89. The van der Waals surface area contributed by atoms with Gasteiger partial charge < -0.3 is 10.0 Å². The van der Waals surface area contributed by atoms with Gasteiger partial charge in [-0.15, -0.1) is 0 Å². The first-order valence-corrected chi connectivity index (χ1v) is 6.82. The molecule has 0 aromatic heterocycles. The van der Waals surface area contributed by atoms with E-state index in [1.807, 2.05) is 0 Å². The van der Waals surface area contributed by atoms with Crippen LogP contribution in [0.25, 0.3) is 0 Å². The van der Waals surface area contributed by atoms with Crippen LogP contribution in [0.4, 0.5) is 0 Å². The summed E-state index contributed by atoms with van der Waals surface area (Å²) in [5.41, 5.74) is 0. The Kier molecular flexibility index (Phi) is 4.22. The van der Waals surface area contributed by atoms with Crippen molar-refractivity contribution in [2.45, 2.75) is 38.6 Å². The van der Waals surface area contributed by atoms with Crippen molar-refractivity contribution in [3.05, 3.63) is 0 Å². The highest BCUT2D eigenvalue weighted by Gasteiger charge is 2.34. The zero-order valence-electron chi connectivity index (χ0n) is 11.0. The molecule has 2 aliphatic rings. The molecule has 2 unspecified atom stereocenters. The zero-order chi connectivity index (χ0) is 13.1. The number of aliphatic carboxylic acids is 1. The minimum atomic E-state index is -0.868. The molecule has 0 saturated carbocycles. The van der Waals surface area contributed by atoms with Crippen molar-refractivity contribution in [1.29, 1.82) is 0 Å². The van der Waals surface area contributed by atoms with Gasteiger partial charge >= 0.3 is 5.97 Å². The van der Waals surface area contributed by atoms with Crippen LogP contribution in [0.2, 0.25) is 0 Å². The molecule has 0 aromatic carbocycles. The summed E-state index contributed by atoms with van der Waals surface area (Å²) in [6.45, 7) is 5.10. The van der Waals surface area contributed by atoms with Gasteiger partial charge in [-0.05, 0) is 38.1 Å². The smallest absolute Gasteiger partial charge is 0.326 e. The summed E-state index contributed by atoms with van der Waals surface area (Å²) in [6.07, 6.45) is 3.76. The first-order valence-electron chi connectivity index (χ1n) is 6.82. The van der Waals surface area contributed by atoms with Gasteiger partial charge in [-0.3, -0.25) is 9.69 Å². The fourth-order valence-electron chi connectivity index (χ4n) is 3.03. The second kappa shape index (κ2) is 5.69. The molecule has 102 valence electrons. The molecule has 0 aliphatic carbocycles. The molecule has 1 N–H and O–H groups in total. The predicted octanol–water partition coefficient (Wildman–Crippen LogP) is 0.794. The molecule has 0 aromatic rings. The lowest BCUT2D eigenvalue weighted by Gasteiger charge is -2.32. The molecule has 2 fully saturated rings. The number of nitrogens with zero attached hydrogens (tertiary/aromatic N) is 2. The van der Waals surface area contributed by atoms with Gasteiger partial charge in [0.2, 0.25) is 5.91 Å². The molecule has 18 heavy (non-hydrogen) atoms. The lowest BCUT2D eigenvalue weighted by atomic mass is 10.0. The van der Waals surface area contributed by atoms with Gasteiger partial charge in [0.15, 0.2) is 0 Å². The standard InChI is InChI=1S/C13H22N2O3/c1-10-4-2-6-14(8-10)9-12(16)15-7-3-5-11(15)13(17)18/h10-11H,2-9H2,1H3,(H,17,18). The molecule has 2 aliphatic heterocycles. The first-order chi connectivity index (χ1) is 8.58. The van der Waals surface area contributed by atoms with E-state index in [2.05, 4.69) is 11.8 Å². The van der Waals surface area contributed by atoms with E-state index in [1.54, 1.807) is 4.90 Å². The van der Waals surface area contributed by atoms with Crippen molar-refractivity contribution in [1.82, 2.24) is 9.80 Å². The number of carboxylic acid groups (broad SMARTS) is 1. The molecule has 0 radical (unpaired) electrons. The topological polar surface area (TPSA) is 60.9 Å². The molecular weight excluding hydrogens is 232 g/mol. The van der Waals surface area contributed by atoms with Crippen molar-refractivity contribution in [3.8, 4) is 0 Å². The molecule has 1 amide bonds. The quantitative estimate of drug-likeness (QED) is 0.809. The third-order valence-corrected chi connectivity index (χ3v) is 3.96. The van der Waals surface area contributed by atoms with Gasteiger partial charge in [0, 0.05) is 13.1 Å². The van der Waals surface area contributed by atoms with Crippen LogP contribution in [0.3, 0.4) is 0 Å². The van der Waals surface area contributed by atoms with E-state index < -0.39 is 12.0 Å². The van der Waals surface area contributed by atoms with Crippen LogP contribution < -0.4 is 0 Å². The molecular formula is C13H22N2O3. The normalized spacial score (nSPS) is 29.5. The van der Waals surface area contributed by atoms with Crippen molar-refractivity contribution < 1.29 is 14.7 Å². The molecule has 0 bridgehead atoms.